The molecule has 0 radical (unpaired) electrons. The SMILES string of the molecule is CC(C)(C)OC(=O)Nc1c(F)ccc2cnc(-n3ccc4ccncc43)cc12. The number of carbonyl (C=O) groups is 1. The number of amides is 1. The van der Waals surface area contributed by atoms with Crippen molar-refractivity contribution in [2.45, 2.75) is 26.4 Å². The molecule has 4 rings (SSSR count). The molecular formula is C21H19FN4O2. The van der Waals surface area contributed by atoms with Gasteiger partial charge in [-0.15, -0.1) is 0 Å². The van der Waals surface area contributed by atoms with Gasteiger partial charge in [0.15, 0.2) is 0 Å². The highest BCUT2D eigenvalue weighted by molar-refractivity contribution is 6.01. The van der Waals surface area contributed by atoms with Crippen LogP contribution >= 0.6 is 0 Å². The van der Waals surface area contributed by atoms with Gasteiger partial charge < -0.3 is 4.74 Å². The van der Waals surface area contributed by atoms with Crippen LogP contribution in [-0.4, -0.2) is 26.2 Å². The summed E-state index contributed by atoms with van der Waals surface area (Å²) in [4.78, 5) is 20.8. The normalized spacial score (nSPS) is 11.7. The molecule has 4 aromatic rings. The predicted molar refractivity (Wildman–Crippen MR) is 106 cm³/mol. The first-order valence-electron chi connectivity index (χ1n) is 8.81. The number of aromatic nitrogens is 3. The molecule has 0 saturated carbocycles. The fraction of sp³-hybridized carbons (Fsp3) is 0.190. The fourth-order valence-corrected chi connectivity index (χ4v) is 3.02. The molecule has 0 aliphatic rings. The molecule has 0 aliphatic heterocycles. The molecule has 3 heterocycles. The van der Waals surface area contributed by atoms with Crippen molar-refractivity contribution in [3.63, 3.8) is 0 Å². The van der Waals surface area contributed by atoms with Crippen LogP contribution in [0.4, 0.5) is 14.9 Å². The molecule has 0 saturated heterocycles. The number of rotatable bonds is 2. The minimum absolute atomic E-state index is 0.0602. The lowest BCUT2D eigenvalue weighted by Crippen LogP contribution is -2.27. The van der Waals surface area contributed by atoms with E-state index in [9.17, 15) is 9.18 Å². The van der Waals surface area contributed by atoms with Crippen molar-refractivity contribution in [1.82, 2.24) is 14.5 Å². The summed E-state index contributed by atoms with van der Waals surface area (Å²) in [5.41, 5.74) is 0.256. The highest BCUT2D eigenvalue weighted by atomic mass is 19.1. The van der Waals surface area contributed by atoms with Gasteiger partial charge in [-0.1, -0.05) is 0 Å². The fourth-order valence-electron chi connectivity index (χ4n) is 3.02. The summed E-state index contributed by atoms with van der Waals surface area (Å²) in [5.74, 6) is 0.0443. The molecule has 7 heteroatoms. The number of pyridine rings is 2. The summed E-state index contributed by atoms with van der Waals surface area (Å²) in [7, 11) is 0. The van der Waals surface area contributed by atoms with Gasteiger partial charge >= 0.3 is 6.09 Å². The highest BCUT2D eigenvalue weighted by Crippen LogP contribution is 2.29. The number of carbonyl (C=O) groups excluding carboxylic acids is 1. The predicted octanol–water partition coefficient (Wildman–Crippen LogP) is 5.06. The van der Waals surface area contributed by atoms with Crippen molar-refractivity contribution < 1.29 is 13.9 Å². The number of hydrogen-bond acceptors (Lipinski definition) is 4. The molecule has 142 valence electrons. The van der Waals surface area contributed by atoms with Crippen molar-refractivity contribution in [2.75, 3.05) is 5.32 Å². The summed E-state index contributed by atoms with van der Waals surface area (Å²) in [5, 5.41) is 4.78. The summed E-state index contributed by atoms with van der Waals surface area (Å²) in [6, 6.07) is 8.51. The Labute approximate surface area is 161 Å². The van der Waals surface area contributed by atoms with E-state index in [4.69, 9.17) is 4.74 Å². The Balaban J connectivity index is 1.81. The number of fused-ring (bicyclic) bond motifs is 2. The molecule has 0 aliphatic carbocycles. The second-order valence-electron chi connectivity index (χ2n) is 7.43. The molecule has 1 amide bonds. The lowest BCUT2D eigenvalue weighted by Gasteiger charge is -2.20. The van der Waals surface area contributed by atoms with Gasteiger partial charge in [0, 0.05) is 34.7 Å². The first-order valence-corrected chi connectivity index (χ1v) is 8.81. The molecular weight excluding hydrogens is 359 g/mol. The van der Waals surface area contributed by atoms with Crippen LogP contribution in [0.5, 0.6) is 0 Å². The van der Waals surface area contributed by atoms with Crippen LogP contribution in [0.1, 0.15) is 20.8 Å². The van der Waals surface area contributed by atoms with Crippen molar-refractivity contribution >= 4 is 33.5 Å². The summed E-state index contributed by atoms with van der Waals surface area (Å²) in [6.07, 6.45) is 6.27. The quantitative estimate of drug-likeness (QED) is 0.529. The topological polar surface area (TPSA) is 69.0 Å². The molecule has 0 spiro atoms. The second kappa shape index (κ2) is 6.60. The summed E-state index contributed by atoms with van der Waals surface area (Å²) < 4.78 is 21.7. The molecule has 0 unspecified atom stereocenters. The van der Waals surface area contributed by atoms with Crippen molar-refractivity contribution in [3.8, 4) is 5.82 Å². The Morgan fingerprint density at radius 1 is 1.14 bits per heavy atom. The molecule has 3 aromatic heterocycles. The smallest absolute Gasteiger partial charge is 0.412 e. The minimum atomic E-state index is -0.715. The van der Waals surface area contributed by atoms with E-state index in [2.05, 4.69) is 15.3 Å². The number of halogens is 1. The number of anilines is 1. The van der Waals surface area contributed by atoms with Gasteiger partial charge in [-0.3, -0.25) is 14.9 Å². The van der Waals surface area contributed by atoms with E-state index in [1.54, 1.807) is 51.5 Å². The third-order valence-electron chi connectivity index (χ3n) is 4.21. The van der Waals surface area contributed by atoms with Crippen molar-refractivity contribution in [3.05, 3.63) is 60.9 Å². The van der Waals surface area contributed by atoms with Crippen LogP contribution in [0.2, 0.25) is 0 Å². The van der Waals surface area contributed by atoms with Crippen LogP contribution in [-0.2, 0) is 4.74 Å². The van der Waals surface area contributed by atoms with E-state index in [1.807, 2.05) is 22.9 Å². The molecule has 1 aromatic carbocycles. The van der Waals surface area contributed by atoms with Gasteiger partial charge in [-0.05, 0) is 51.1 Å². The Morgan fingerprint density at radius 2 is 1.96 bits per heavy atom. The Kier molecular flexibility index (Phi) is 4.22. The van der Waals surface area contributed by atoms with Gasteiger partial charge in [0.05, 0.1) is 17.4 Å². The monoisotopic (exact) mass is 378 g/mol. The largest absolute Gasteiger partial charge is 0.444 e. The Morgan fingerprint density at radius 3 is 2.75 bits per heavy atom. The van der Waals surface area contributed by atoms with E-state index in [0.717, 1.165) is 10.9 Å². The van der Waals surface area contributed by atoms with E-state index < -0.39 is 17.5 Å². The summed E-state index contributed by atoms with van der Waals surface area (Å²) >= 11 is 0. The molecule has 28 heavy (non-hydrogen) atoms. The third kappa shape index (κ3) is 3.38. The molecule has 0 fully saturated rings. The van der Waals surface area contributed by atoms with Crippen molar-refractivity contribution in [1.29, 1.82) is 0 Å². The third-order valence-corrected chi connectivity index (χ3v) is 4.21. The van der Waals surface area contributed by atoms with E-state index in [1.165, 1.54) is 6.07 Å². The maximum atomic E-state index is 14.5. The van der Waals surface area contributed by atoms with E-state index in [-0.39, 0.29) is 5.69 Å². The average Bonchev–Trinajstić information content (AvgIpc) is 3.06. The number of nitrogens with one attached hydrogen (secondary N) is 1. The Bertz CT molecular complexity index is 1190. The zero-order valence-corrected chi connectivity index (χ0v) is 15.7. The van der Waals surface area contributed by atoms with Gasteiger partial charge in [0.25, 0.3) is 0 Å². The maximum Gasteiger partial charge on any atom is 0.412 e. The maximum absolute atomic E-state index is 14.5. The van der Waals surface area contributed by atoms with Gasteiger partial charge in [-0.25, -0.2) is 14.2 Å². The number of benzene rings is 1. The zero-order valence-electron chi connectivity index (χ0n) is 15.7. The van der Waals surface area contributed by atoms with Crippen molar-refractivity contribution in [2.24, 2.45) is 0 Å². The van der Waals surface area contributed by atoms with E-state index in [0.29, 0.717) is 16.6 Å². The first-order chi connectivity index (χ1) is 13.3. The molecule has 1 N–H and O–H groups in total. The van der Waals surface area contributed by atoms with Crippen LogP contribution in [0, 0.1) is 5.82 Å². The van der Waals surface area contributed by atoms with Gasteiger partial charge in [-0.2, -0.15) is 0 Å². The standard InChI is InChI=1S/C21H19FN4O2/c1-21(2,3)28-20(27)25-19-15-10-18(24-11-14(15)4-5-16(19)22)26-9-7-13-6-8-23-12-17(13)26/h4-12H,1-3H3,(H,25,27). The number of nitrogens with zero attached hydrogens (tertiary/aromatic N) is 3. The first kappa shape index (κ1) is 17.9. The average molecular weight is 378 g/mol. The minimum Gasteiger partial charge on any atom is -0.444 e. The molecule has 0 atom stereocenters. The number of ether oxygens (including phenoxy) is 1. The molecule has 6 nitrogen and oxygen atoms in total. The van der Waals surface area contributed by atoms with Gasteiger partial charge in [0.1, 0.15) is 17.2 Å². The van der Waals surface area contributed by atoms with Crippen LogP contribution in [0.3, 0.4) is 0 Å². The molecule has 0 bridgehead atoms. The lowest BCUT2D eigenvalue weighted by molar-refractivity contribution is 0.0635. The van der Waals surface area contributed by atoms with Crippen LogP contribution < -0.4 is 5.32 Å². The lowest BCUT2D eigenvalue weighted by atomic mass is 10.1. The second-order valence-corrected chi connectivity index (χ2v) is 7.43. The van der Waals surface area contributed by atoms with E-state index >= 15 is 0 Å². The summed E-state index contributed by atoms with van der Waals surface area (Å²) in [6.45, 7) is 5.25. The Hall–Kier alpha value is -3.48. The van der Waals surface area contributed by atoms with Gasteiger partial charge in [0.2, 0.25) is 0 Å². The number of hydrogen-bond donors (Lipinski definition) is 1. The highest BCUT2D eigenvalue weighted by Gasteiger charge is 2.19. The van der Waals surface area contributed by atoms with Crippen LogP contribution in [0.25, 0.3) is 27.5 Å². The zero-order chi connectivity index (χ0) is 19.9. The van der Waals surface area contributed by atoms with Crippen LogP contribution in [0.15, 0.2) is 55.1 Å².